The Kier molecular flexibility index (Phi) is 7.24. The van der Waals surface area contributed by atoms with Gasteiger partial charge in [0.1, 0.15) is 6.10 Å². The van der Waals surface area contributed by atoms with Gasteiger partial charge in [0.25, 0.3) is 11.8 Å². The fourth-order valence-corrected chi connectivity index (χ4v) is 3.55. The van der Waals surface area contributed by atoms with Crippen LogP contribution in [0.15, 0.2) is 24.3 Å². The molecule has 1 saturated heterocycles. The van der Waals surface area contributed by atoms with Crippen LogP contribution < -0.4 is 10.6 Å². The van der Waals surface area contributed by atoms with Gasteiger partial charge < -0.3 is 20.1 Å². The van der Waals surface area contributed by atoms with Crippen LogP contribution in [0, 0.1) is 0 Å². The zero-order valence-corrected chi connectivity index (χ0v) is 16.0. The average molecular weight is 374 g/mol. The molecule has 0 aromatic heterocycles. The lowest BCUT2D eigenvalue weighted by atomic mass is 10.1. The number of anilines is 1. The maximum Gasteiger partial charge on any atom is 0.253 e. The lowest BCUT2D eigenvalue weighted by Gasteiger charge is -2.23. The van der Waals surface area contributed by atoms with E-state index in [1.807, 2.05) is 0 Å². The number of hydrogen-bond acceptors (Lipinski definition) is 4. The molecule has 1 aliphatic heterocycles. The lowest BCUT2D eigenvalue weighted by molar-refractivity contribution is -0.130. The molecule has 2 unspecified atom stereocenters. The summed E-state index contributed by atoms with van der Waals surface area (Å²) in [4.78, 5) is 24.5. The van der Waals surface area contributed by atoms with Crippen LogP contribution >= 0.6 is 0 Å². The topological polar surface area (TPSA) is 76.7 Å². The summed E-state index contributed by atoms with van der Waals surface area (Å²) in [6.07, 6.45) is 7.25. The third kappa shape index (κ3) is 6.04. The van der Waals surface area contributed by atoms with Crippen molar-refractivity contribution in [1.29, 1.82) is 0 Å². The molecule has 2 amide bonds. The van der Waals surface area contributed by atoms with Gasteiger partial charge in [-0.2, -0.15) is 0 Å². The quantitative estimate of drug-likeness (QED) is 0.768. The highest BCUT2D eigenvalue weighted by atomic mass is 16.5. The minimum Gasteiger partial charge on any atom is -0.376 e. The van der Waals surface area contributed by atoms with Gasteiger partial charge >= 0.3 is 0 Å². The smallest absolute Gasteiger partial charge is 0.253 e. The van der Waals surface area contributed by atoms with E-state index in [0.29, 0.717) is 23.9 Å². The van der Waals surface area contributed by atoms with Crippen LogP contribution in [0.25, 0.3) is 0 Å². The summed E-state index contributed by atoms with van der Waals surface area (Å²) in [5, 5.41) is 5.90. The Balaban J connectivity index is 1.43. The van der Waals surface area contributed by atoms with Crippen molar-refractivity contribution in [3.63, 3.8) is 0 Å². The number of hydrogen-bond donors (Lipinski definition) is 2. The van der Waals surface area contributed by atoms with E-state index in [9.17, 15) is 9.59 Å². The van der Waals surface area contributed by atoms with Gasteiger partial charge in [-0.1, -0.05) is 12.8 Å². The molecule has 0 spiro atoms. The molecule has 6 nitrogen and oxygen atoms in total. The molecule has 1 aliphatic carbocycles. The molecule has 27 heavy (non-hydrogen) atoms. The van der Waals surface area contributed by atoms with Crippen molar-refractivity contribution < 1.29 is 19.1 Å². The molecule has 3 rings (SSSR count). The van der Waals surface area contributed by atoms with Crippen LogP contribution in [-0.4, -0.2) is 43.3 Å². The second kappa shape index (κ2) is 9.85. The largest absolute Gasteiger partial charge is 0.376 e. The molecular formula is C21H30N2O4. The Hall–Kier alpha value is -1.92. The highest BCUT2D eigenvalue weighted by Gasteiger charge is 2.20. The minimum atomic E-state index is -0.555. The van der Waals surface area contributed by atoms with Crippen molar-refractivity contribution >= 4 is 17.5 Å². The predicted octanol–water partition coefficient (Wildman–Crippen LogP) is 3.27. The Labute approximate surface area is 161 Å². The van der Waals surface area contributed by atoms with Gasteiger partial charge in [0, 0.05) is 23.9 Å². The van der Waals surface area contributed by atoms with Crippen LogP contribution in [0.3, 0.4) is 0 Å². The summed E-state index contributed by atoms with van der Waals surface area (Å²) in [6.45, 7) is 2.95. The van der Waals surface area contributed by atoms with Crippen molar-refractivity contribution in [3.05, 3.63) is 29.8 Å². The van der Waals surface area contributed by atoms with Crippen LogP contribution in [0.1, 0.15) is 62.2 Å². The molecule has 2 fully saturated rings. The minimum absolute atomic E-state index is 0.0519. The van der Waals surface area contributed by atoms with Crippen molar-refractivity contribution in [3.8, 4) is 0 Å². The molecule has 0 radical (unpaired) electrons. The van der Waals surface area contributed by atoms with E-state index in [1.165, 1.54) is 12.8 Å². The van der Waals surface area contributed by atoms with E-state index in [-0.39, 0.29) is 17.9 Å². The highest BCUT2D eigenvalue weighted by Crippen LogP contribution is 2.19. The number of carbonyl (C=O) groups excluding carboxylic acids is 2. The molecule has 1 heterocycles. The number of rotatable bonds is 7. The van der Waals surface area contributed by atoms with E-state index in [0.717, 1.165) is 38.7 Å². The predicted molar refractivity (Wildman–Crippen MR) is 104 cm³/mol. The summed E-state index contributed by atoms with van der Waals surface area (Å²) in [7, 11) is 0. The van der Waals surface area contributed by atoms with Gasteiger partial charge in [0.05, 0.1) is 12.7 Å². The first kappa shape index (κ1) is 19.8. The third-order valence-electron chi connectivity index (χ3n) is 5.28. The van der Waals surface area contributed by atoms with Gasteiger partial charge in [0.2, 0.25) is 0 Å². The fraction of sp³-hybridized carbons (Fsp3) is 0.619. The number of amides is 2. The summed E-state index contributed by atoms with van der Waals surface area (Å²) < 4.78 is 11.3. The second-order valence-corrected chi connectivity index (χ2v) is 7.49. The van der Waals surface area contributed by atoms with Crippen LogP contribution in [0.4, 0.5) is 5.69 Å². The van der Waals surface area contributed by atoms with E-state index in [1.54, 1.807) is 31.2 Å². The molecule has 6 heteroatoms. The Bertz CT molecular complexity index is 620. The molecule has 2 aliphatic rings. The Morgan fingerprint density at radius 2 is 1.81 bits per heavy atom. The molecule has 2 N–H and O–H groups in total. The molecule has 1 aromatic carbocycles. The standard InChI is InChI=1S/C21H30N2O4/c1-15(27-14-19-8-4-5-13-26-19)20(24)22-18-11-9-16(10-12-18)21(25)23-17-6-2-3-7-17/h9-12,15,17,19H,2-8,13-14H2,1H3,(H,22,24)(H,23,25). The van der Waals surface area contributed by atoms with Gasteiger partial charge in [-0.05, 0) is 63.3 Å². The van der Waals surface area contributed by atoms with Crippen LogP contribution in [0.2, 0.25) is 0 Å². The van der Waals surface area contributed by atoms with Gasteiger partial charge in [0.15, 0.2) is 0 Å². The van der Waals surface area contributed by atoms with E-state index in [4.69, 9.17) is 9.47 Å². The van der Waals surface area contributed by atoms with E-state index >= 15 is 0 Å². The van der Waals surface area contributed by atoms with Crippen molar-refractivity contribution in [2.75, 3.05) is 18.5 Å². The number of carbonyl (C=O) groups is 2. The molecule has 1 aromatic rings. The van der Waals surface area contributed by atoms with Gasteiger partial charge in [-0.3, -0.25) is 9.59 Å². The summed E-state index contributed by atoms with van der Waals surface area (Å²) in [6, 6.07) is 7.27. The maximum atomic E-state index is 12.3. The third-order valence-corrected chi connectivity index (χ3v) is 5.28. The molecule has 0 bridgehead atoms. The summed E-state index contributed by atoms with van der Waals surface area (Å²) in [5.74, 6) is -0.252. The first-order valence-electron chi connectivity index (χ1n) is 10.1. The monoisotopic (exact) mass is 374 g/mol. The highest BCUT2D eigenvalue weighted by molar-refractivity contribution is 5.96. The molecule has 1 saturated carbocycles. The zero-order chi connectivity index (χ0) is 19.1. The first-order chi connectivity index (χ1) is 13.1. The normalized spacial score (nSPS) is 21.6. The van der Waals surface area contributed by atoms with E-state index in [2.05, 4.69) is 10.6 Å². The lowest BCUT2D eigenvalue weighted by Crippen LogP contribution is -2.33. The second-order valence-electron chi connectivity index (χ2n) is 7.49. The molecule has 2 atom stereocenters. The fourth-order valence-electron chi connectivity index (χ4n) is 3.55. The average Bonchev–Trinajstić information content (AvgIpc) is 3.20. The number of ether oxygens (including phenoxy) is 2. The molecule has 148 valence electrons. The summed E-state index contributed by atoms with van der Waals surface area (Å²) >= 11 is 0. The Morgan fingerprint density at radius 3 is 2.48 bits per heavy atom. The van der Waals surface area contributed by atoms with Gasteiger partial charge in [-0.15, -0.1) is 0 Å². The Morgan fingerprint density at radius 1 is 1.11 bits per heavy atom. The van der Waals surface area contributed by atoms with Gasteiger partial charge in [-0.25, -0.2) is 0 Å². The number of nitrogens with one attached hydrogen (secondary N) is 2. The van der Waals surface area contributed by atoms with Crippen molar-refractivity contribution in [1.82, 2.24) is 5.32 Å². The first-order valence-corrected chi connectivity index (χ1v) is 10.1. The van der Waals surface area contributed by atoms with E-state index < -0.39 is 6.10 Å². The van der Waals surface area contributed by atoms with Crippen LogP contribution in [0.5, 0.6) is 0 Å². The molecular weight excluding hydrogens is 344 g/mol. The van der Waals surface area contributed by atoms with Crippen molar-refractivity contribution in [2.24, 2.45) is 0 Å². The van der Waals surface area contributed by atoms with Crippen LogP contribution in [-0.2, 0) is 14.3 Å². The van der Waals surface area contributed by atoms with Crippen molar-refractivity contribution in [2.45, 2.75) is 70.1 Å². The maximum absolute atomic E-state index is 12.3. The zero-order valence-electron chi connectivity index (χ0n) is 16.0. The summed E-state index contributed by atoms with van der Waals surface area (Å²) in [5.41, 5.74) is 1.26. The SMILES string of the molecule is CC(OCC1CCCCO1)C(=O)Nc1ccc(C(=O)NC2CCCC2)cc1. The number of benzene rings is 1.